The van der Waals surface area contributed by atoms with Crippen LogP contribution in [-0.2, 0) is 17.6 Å². The molecular weight excluding hydrogens is 312 g/mol. The first-order valence-electron chi connectivity index (χ1n) is 8.90. The zero-order chi connectivity index (χ0) is 17.6. The fraction of sp³-hybridized carbons (Fsp3) is 0.381. The third-order valence-corrected chi connectivity index (χ3v) is 4.69. The molecule has 0 aromatic heterocycles. The lowest BCUT2D eigenvalue weighted by Gasteiger charge is -2.31. The highest BCUT2D eigenvalue weighted by Gasteiger charge is 2.18. The van der Waals surface area contributed by atoms with Crippen molar-refractivity contribution in [1.29, 1.82) is 0 Å². The third kappa shape index (κ3) is 4.32. The number of nitrogens with zero attached hydrogens (tertiary/aromatic N) is 1. The van der Waals surface area contributed by atoms with E-state index >= 15 is 0 Å². The number of anilines is 1. The second-order valence-electron chi connectivity index (χ2n) is 6.57. The summed E-state index contributed by atoms with van der Waals surface area (Å²) in [7, 11) is 1.67. The zero-order valence-corrected chi connectivity index (χ0v) is 15.0. The lowest BCUT2D eigenvalue weighted by atomic mass is 9.99. The number of hydrogen-bond acceptors (Lipinski definition) is 3. The average Bonchev–Trinajstić information content (AvgIpc) is 2.62. The molecule has 0 saturated carbocycles. The van der Waals surface area contributed by atoms with E-state index in [9.17, 15) is 4.79 Å². The van der Waals surface area contributed by atoms with Crippen molar-refractivity contribution in [1.82, 2.24) is 5.32 Å². The Bertz CT molecular complexity index is 742. The number of carbonyl (C=O) groups is 1. The molecule has 0 radical (unpaired) electrons. The Hall–Kier alpha value is -2.49. The van der Waals surface area contributed by atoms with E-state index in [0.717, 1.165) is 37.1 Å². The van der Waals surface area contributed by atoms with Gasteiger partial charge in [0.05, 0.1) is 13.7 Å². The molecule has 0 aliphatic carbocycles. The third-order valence-electron chi connectivity index (χ3n) is 4.69. The number of benzene rings is 2. The van der Waals surface area contributed by atoms with Gasteiger partial charge in [0.25, 0.3) is 0 Å². The molecule has 25 heavy (non-hydrogen) atoms. The summed E-state index contributed by atoms with van der Waals surface area (Å²) >= 11 is 0. The van der Waals surface area contributed by atoms with Crippen molar-refractivity contribution in [2.24, 2.45) is 0 Å². The lowest BCUT2D eigenvalue weighted by molar-refractivity contribution is -0.119. The largest absolute Gasteiger partial charge is 0.496 e. The molecule has 0 fully saturated rings. The van der Waals surface area contributed by atoms with E-state index in [1.54, 1.807) is 7.11 Å². The van der Waals surface area contributed by atoms with Crippen molar-refractivity contribution in [3.63, 3.8) is 0 Å². The van der Waals surface area contributed by atoms with Crippen molar-refractivity contribution >= 4 is 11.6 Å². The fourth-order valence-corrected chi connectivity index (χ4v) is 3.44. The predicted molar refractivity (Wildman–Crippen MR) is 101 cm³/mol. The first-order chi connectivity index (χ1) is 12.2. The molecule has 132 valence electrons. The molecule has 4 heteroatoms. The van der Waals surface area contributed by atoms with E-state index in [-0.39, 0.29) is 5.91 Å². The molecule has 3 rings (SSSR count). The summed E-state index contributed by atoms with van der Waals surface area (Å²) in [5.41, 5.74) is 4.95. The van der Waals surface area contributed by atoms with Gasteiger partial charge in [-0.05, 0) is 49.4 Å². The average molecular weight is 338 g/mol. The van der Waals surface area contributed by atoms with Crippen LogP contribution in [0, 0.1) is 6.92 Å². The molecule has 4 nitrogen and oxygen atoms in total. The van der Waals surface area contributed by atoms with Crippen LogP contribution in [0.25, 0.3) is 0 Å². The number of carbonyl (C=O) groups excluding carboxylic acids is 1. The summed E-state index contributed by atoms with van der Waals surface area (Å²) in [5, 5.41) is 3.04. The van der Waals surface area contributed by atoms with Gasteiger partial charge in [-0.15, -0.1) is 0 Å². The second kappa shape index (κ2) is 8.06. The molecule has 0 bridgehead atoms. The van der Waals surface area contributed by atoms with Crippen molar-refractivity contribution in [2.75, 3.05) is 31.6 Å². The Morgan fingerprint density at radius 1 is 1.24 bits per heavy atom. The monoisotopic (exact) mass is 338 g/mol. The van der Waals surface area contributed by atoms with Crippen LogP contribution >= 0.6 is 0 Å². The van der Waals surface area contributed by atoms with Gasteiger partial charge < -0.3 is 15.0 Å². The summed E-state index contributed by atoms with van der Waals surface area (Å²) in [6, 6.07) is 14.4. The summed E-state index contributed by atoms with van der Waals surface area (Å²) < 4.78 is 5.35. The molecule has 1 aliphatic rings. The number of ether oxygens (including phenoxy) is 1. The molecule has 2 aromatic carbocycles. The molecule has 2 aromatic rings. The van der Waals surface area contributed by atoms with Gasteiger partial charge in [0.1, 0.15) is 5.75 Å². The molecule has 1 amide bonds. The highest BCUT2D eigenvalue weighted by atomic mass is 16.5. The first kappa shape index (κ1) is 17.3. The van der Waals surface area contributed by atoms with Gasteiger partial charge in [-0.2, -0.15) is 0 Å². The van der Waals surface area contributed by atoms with Crippen LogP contribution in [-0.4, -0.2) is 32.7 Å². The fourth-order valence-electron chi connectivity index (χ4n) is 3.44. The van der Waals surface area contributed by atoms with Crippen LogP contribution in [0.15, 0.2) is 42.5 Å². The number of para-hydroxylation sites is 1. The van der Waals surface area contributed by atoms with Crippen LogP contribution in [0.1, 0.15) is 23.1 Å². The van der Waals surface area contributed by atoms with Crippen molar-refractivity contribution < 1.29 is 9.53 Å². The Kier molecular flexibility index (Phi) is 5.59. The van der Waals surface area contributed by atoms with Crippen LogP contribution in [0.3, 0.4) is 0 Å². The number of fused-ring (bicyclic) bond motifs is 1. The van der Waals surface area contributed by atoms with E-state index in [0.29, 0.717) is 13.1 Å². The van der Waals surface area contributed by atoms with Gasteiger partial charge >= 0.3 is 0 Å². The van der Waals surface area contributed by atoms with Gasteiger partial charge in [-0.1, -0.05) is 35.9 Å². The number of methoxy groups -OCH3 is 1. The predicted octanol–water partition coefficient (Wildman–Crippen LogP) is 3.12. The number of amides is 1. The van der Waals surface area contributed by atoms with Gasteiger partial charge in [0.2, 0.25) is 5.91 Å². The maximum absolute atomic E-state index is 12.3. The van der Waals surface area contributed by atoms with E-state index in [4.69, 9.17) is 4.74 Å². The molecule has 0 atom stereocenters. The summed E-state index contributed by atoms with van der Waals surface area (Å²) in [6.45, 7) is 4.09. The molecule has 0 unspecified atom stereocenters. The van der Waals surface area contributed by atoms with Gasteiger partial charge in [-0.25, -0.2) is 0 Å². The molecular formula is C21H26N2O2. The standard InChI is InChI=1S/C21H26N2O2/c1-16-9-10-19-18(14-16)7-5-13-23(19)15-21(24)22-12-11-17-6-3-4-8-20(17)25-2/h3-4,6,8-10,14H,5,7,11-13,15H2,1-2H3,(H,22,24). The smallest absolute Gasteiger partial charge is 0.239 e. The number of rotatable bonds is 6. The number of nitrogens with one attached hydrogen (secondary N) is 1. The molecule has 1 heterocycles. The molecule has 0 spiro atoms. The topological polar surface area (TPSA) is 41.6 Å². The van der Waals surface area contributed by atoms with Crippen molar-refractivity contribution in [2.45, 2.75) is 26.2 Å². The van der Waals surface area contributed by atoms with Gasteiger partial charge in [0, 0.05) is 18.8 Å². The van der Waals surface area contributed by atoms with Crippen LogP contribution in [0.5, 0.6) is 5.75 Å². The van der Waals surface area contributed by atoms with E-state index in [1.165, 1.54) is 16.8 Å². The maximum atomic E-state index is 12.3. The molecule has 1 N–H and O–H groups in total. The summed E-state index contributed by atoms with van der Waals surface area (Å²) in [4.78, 5) is 14.5. The second-order valence-corrected chi connectivity index (χ2v) is 6.57. The minimum absolute atomic E-state index is 0.0725. The Balaban J connectivity index is 1.54. The molecule has 1 aliphatic heterocycles. The van der Waals surface area contributed by atoms with Crippen LogP contribution in [0.2, 0.25) is 0 Å². The minimum Gasteiger partial charge on any atom is -0.496 e. The molecule has 0 saturated heterocycles. The highest BCUT2D eigenvalue weighted by Crippen LogP contribution is 2.27. The van der Waals surface area contributed by atoms with Crippen molar-refractivity contribution in [3.05, 3.63) is 59.2 Å². The summed E-state index contributed by atoms with van der Waals surface area (Å²) in [6.07, 6.45) is 2.97. The Labute approximate surface area is 149 Å². The van der Waals surface area contributed by atoms with Crippen LogP contribution in [0.4, 0.5) is 5.69 Å². The maximum Gasteiger partial charge on any atom is 0.239 e. The van der Waals surface area contributed by atoms with Gasteiger partial charge in [-0.3, -0.25) is 4.79 Å². The Morgan fingerprint density at radius 2 is 2.08 bits per heavy atom. The number of aryl methyl sites for hydroxylation is 2. The summed E-state index contributed by atoms with van der Waals surface area (Å²) in [5.74, 6) is 0.945. The SMILES string of the molecule is COc1ccccc1CCNC(=O)CN1CCCc2cc(C)ccc21. The zero-order valence-electron chi connectivity index (χ0n) is 15.0. The number of hydrogen-bond donors (Lipinski definition) is 1. The first-order valence-corrected chi connectivity index (χ1v) is 8.90. The van der Waals surface area contributed by atoms with E-state index in [2.05, 4.69) is 35.3 Å². The quantitative estimate of drug-likeness (QED) is 0.880. The van der Waals surface area contributed by atoms with Crippen LogP contribution < -0.4 is 15.0 Å². The minimum atomic E-state index is 0.0725. The lowest BCUT2D eigenvalue weighted by Crippen LogP contribution is -2.40. The highest BCUT2D eigenvalue weighted by molar-refractivity contribution is 5.82. The van der Waals surface area contributed by atoms with Crippen molar-refractivity contribution in [3.8, 4) is 5.75 Å². The van der Waals surface area contributed by atoms with E-state index < -0.39 is 0 Å². The normalized spacial score (nSPS) is 13.3. The van der Waals surface area contributed by atoms with E-state index in [1.807, 2.05) is 24.3 Å². The van der Waals surface area contributed by atoms with Gasteiger partial charge in [0.15, 0.2) is 0 Å². The Morgan fingerprint density at radius 3 is 2.92 bits per heavy atom.